The quantitative estimate of drug-likeness (QED) is 0.756. The van der Waals surface area contributed by atoms with Crippen molar-refractivity contribution in [3.05, 3.63) is 16.9 Å². The van der Waals surface area contributed by atoms with Crippen molar-refractivity contribution in [2.45, 2.75) is 58.7 Å². The van der Waals surface area contributed by atoms with Gasteiger partial charge in [-0.25, -0.2) is 0 Å². The molecule has 2 unspecified atom stereocenters. The number of ether oxygens (including phenoxy) is 1. The van der Waals surface area contributed by atoms with Crippen LogP contribution in [0, 0.1) is 0 Å². The van der Waals surface area contributed by atoms with Crippen molar-refractivity contribution in [3.63, 3.8) is 0 Å². The SMILES string of the molecule is CCCNC(CC(C)OC)c1c(Cl)cnn1CCC. The van der Waals surface area contributed by atoms with Crippen LogP contribution in [-0.2, 0) is 11.3 Å². The maximum atomic E-state index is 6.32. The van der Waals surface area contributed by atoms with Crippen LogP contribution in [-0.4, -0.2) is 29.5 Å². The van der Waals surface area contributed by atoms with E-state index in [4.69, 9.17) is 16.3 Å². The van der Waals surface area contributed by atoms with E-state index in [0.717, 1.165) is 43.1 Å². The highest BCUT2D eigenvalue weighted by Gasteiger charge is 2.21. The Morgan fingerprint density at radius 3 is 2.74 bits per heavy atom. The number of nitrogens with zero attached hydrogens (tertiary/aromatic N) is 2. The maximum absolute atomic E-state index is 6.32. The van der Waals surface area contributed by atoms with Crippen molar-refractivity contribution in [3.8, 4) is 0 Å². The predicted molar refractivity (Wildman–Crippen MR) is 79.7 cm³/mol. The van der Waals surface area contributed by atoms with E-state index in [-0.39, 0.29) is 12.1 Å². The largest absolute Gasteiger partial charge is 0.382 e. The van der Waals surface area contributed by atoms with Gasteiger partial charge < -0.3 is 10.1 Å². The van der Waals surface area contributed by atoms with E-state index < -0.39 is 0 Å². The Kier molecular flexibility index (Phi) is 7.42. The summed E-state index contributed by atoms with van der Waals surface area (Å²) in [5.41, 5.74) is 1.08. The van der Waals surface area contributed by atoms with Gasteiger partial charge >= 0.3 is 0 Å². The molecule has 0 amide bonds. The first-order chi connectivity index (χ1) is 9.13. The van der Waals surface area contributed by atoms with Crippen LogP contribution in [0.5, 0.6) is 0 Å². The fourth-order valence-electron chi connectivity index (χ4n) is 2.15. The fourth-order valence-corrected chi connectivity index (χ4v) is 2.42. The molecule has 0 aliphatic rings. The van der Waals surface area contributed by atoms with Gasteiger partial charge in [0.25, 0.3) is 0 Å². The lowest BCUT2D eigenvalue weighted by Crippen LogP contribution is -2.28. The van der Waals surface area contributed by atoms with E-state index in [0.29, 0.717) is 0 Å². The van der Waals surface area contributed by atoms with E-state index >= 15 is 0 Å². The molecule has 0 bridgehead atoms. The predicted octanol–water partition coefficient (Wildman–Crippen LogP) is 3.41. The zero-order chi connectivity index (χ0) is 14.3. The van der Waals surface area contributed by atoms with Gasteiger partial charge in [-0.15, -0.1) is 0 Å². The summed E-state index contributed by atoms with van der Waals surface area (Å²) in [5, 5.41) is 8.66. The van der Waals surface area contributed by atoms with Crippen molar-refractivity contribution in [2.75, 3.05) is 13.7 Å². The standard InChI is InChI=1S/C14H26ClN3O/c1-5-7-16-13(9-11(3)19-4)14-12(15)10-17-18(14)8-6-2/h10-11,13,16H,5-9H2,1-4H3. The second kappa shape index (κ2) is 8.56. The first-order valence-corrected chi connectivity index (χ1v) is 7.49. The molecule has 0 aromatic carbocycles. The number of aryl methyl sites for hydroxylation is 1. The Bertz CT molecular complexity index is 368. The molecule has 1 aromatic rings. The second-order valence-electron chi connectivity index (χ2n) is 4.89. The van der Waals surface area contributed by atoms with Crippen molar-refractivity contribution in [2.24, 2.45) is 0 Å². The summed E-state index contributed by atoms with van der Waals surface area (Å²) >= 11 is 6.32. The summed E-state index contributed by atoms with van der Waals surface area (Å²) in [6.45, 7) is 8.25. The van der Waals surface area contributed by atoms with Crippen LogP contribution in [0.4, 0.5) is 0 Å². The van der Waals surface area contributed by atoms with Gasteiger partial charge in [0, 0.05) is 13.7 Å². The summed E-state index contributed by atoms with van der Waals surface area (Å²) in [6.07, 6.45) is 4.97. The van der Waals surface area contributed by atoms with E-state index in [1.807, 2.05) is 4.68 Å². The number of aromatic nitrogens is 2. The normalized spacial score (nSPS) is 14.6. The first kappa shape index (κ1) is 16.5. The minimum absolute atomic E-state index is 0.190. The van der Waals surface area contributed by atoms with Crippen LogP contribution in [0.2, 0.25) is 5.02 Å². The molecule has 0 aliphatic heterocycles. The molecule has 2 atom stereocenters. The molecular weight excluding hydrogens is 262 g/mol. The van der Waals surface area contributed by atoms with E-state index in [1.54, 1.807) is 13.3 Å². The topological polar surface area (TPSA) is 39.1 Å². The van der Waals surface area contributed by atoms with Crippen LogP contribution < -0.4 is 5.32 Å². The summed E-state index contributed by atoms with van der Waals surface area (Å²) in [6, 6.07) is 0.191. The number of hydrogen-bond acceptors (Lipinski definition) is 3. The molecule has 1 rings (SSSR count). The number of hydrogen-bond donors (Lipinski definition) is 1. The van der Waals surface area contributed by atoms with E-state index in [1.165, 1.54) is 0 Å². The van der Waals surface area contributed by atoms with Gasteiger partial charge in [-0.05, 0) is 32.7 Å². The molecule has 0 fully saturated rings. The number of halogens is 1. The molecule has 1 heterocycles. The Morgan fingerprint density at radius 1 is 1.42 bits per heavy atom. The third-order valence-electron chi connectivity index (χ3n) is 3.21. The third kappa shape index (κ3) is 4.79. The summed E-state index contributed by atoms with van der Waals surface area (Å²) in [7, 11) is 1.74. The van der Waals surface area contributed by atoms with E-state index in [2.05, 4.69) is 31.2 Å². The number of methoxy groups -OCH3 is 1. The Morgan fingerprint density at radius 2 is 2.16 bits per heavy atom. The van der Waals surface area contributed by atoms with Crippen molar-refractivity contribution in [1.29, 1.82) is 0 Å². The zero-order valence-corrected chi connectivity index (χ0v) is 13.2. The second-order valence-corrected chi connectivity index (χ2v) is 5.30. The monoisotopic (exact) mass is 287 g/mol. The minimum Gasteiger partial charge on any atom is -0.382 e. The number of nitrogens with one attached hydrogen (secondary N) is 1. The molecule has 0 aliphatic carbocycles. The Hall–Kier alpha value is -0.580. The molecule has 1 N–H and O–H groups in total. The van der Waals surface area contributed by atoms with E-state index in [9.17, 15) is 0 Å². The molecule has 1 aromatic heterocycles. The lowest BCUT2D eigenvalue weighted by molar-refractivity contribution is 0.0993. The molecule has 5 heteroatoms. The van der Waals surface area contributed by atoms with Gasteiger partial charge in [-0.2, -0.15) is 5.10 Å². The lowest BCUT2D eigenvalue weighted by Gasteiger charge is -2.23. The summed E-state index contributed by atoms with van der Waals surface area (Å²) < 4.78 is 7.40. The summed E-state index contributed by atoms with van der Waals surface area (Å²) in [5.74, 6) is 0. The van der Waals surface area contributed by atoms with Crippen molar-refractivity contribution < 1.29 is 4.74 Å². The Labute approximate surface area is 121 Å². The highest BCUT2D eigenvalue weighted by atomic mass is 35.5. The highest BCUT2D eigenvalue weighted by Crippen LogP contribution is 2.27. The van der Waals surface area contributed by atoms with Crippen LogP contribution >= 0.6 is 11.6 Å². The van der Waals surface area contributed by atoms with Gasteiger partial charge in [0.1, 0.15) is 0 Å². The smallest absolute Gasteiger partial charge is 0.0834 e. The highest BCUT2D eigenvalue weighted by molar-refractivity contribution is 6.31. The van der Waals surface area contributed by atoms with Crippen LogP contribution in [0.1, 0.15) is 51.8 Å². The molecule has 0 saturated heterocycles. The number of rotatable bonds is 9. The first-order valence-electron chi connectivity index (χ1n) is 7.11. The van der Waals surface area contributed by atoms with Crippen LogP contribution in [0.25, 0.3) is 0 Å². The fraction of sp³-hybridized carbons (Fsp3) is 0.786. The van der Waals surface area contributed by atoms with Crippen LogP contribution in [0.3, 0.4) is 0 Å². The van der Waals surface area contributed by atoms with Gasteiger partial charge in [-0.3, -0.25) is 4.68 Å². The molecule has 0 spiro atoms. The molecule has 4 nitrogen and oxygen atoms in total. The average Bonchev–Trinajstić information content (AvgIpc) is 2.76. The van der Waals surface area contributed by atoms with Gasteiger partial charge in [-0.1, -0.05) is 25.4 Å². The van der Waals surface area contributed by atoms with Gasteiger partial charge in [0.2, 0.25) is 0 Å². The maximum Gasteiger partial charge on any atom is 0.0834 e. The molecule has 19 heavy (non-hydrogen) atoms. The van der Waals surface area contributed by atoms with Crippen molar-refractivity contribution >= 4 is 11.6 Å². The molecular formula is C14H26ClN3O. The van der Waals surface area contributed by atoms with Gasteiger partial charge in [0.05, 0.1) is 29.1 Å². The summed E-state index contributed by atoms with van der Waals surface area (Å²) in [4.78, 5) is 0. The molecule has 0 radical (unpaired) electrons. The average molecular weight is 288 g/mol. The van der Waals surface area contributed by atoms with Crippen molar-refractivity contribution in [1.82, 2.24) is 15.1 Å². The van der Waals surface area contributed by atoms with Crippen LogP contribution in [0.15, 0.2) is 6.20 Å². The van der Waals surface area contributed by atoms with Gasteiger partial charge in [0.15, 0.2) is 0 Å². The lowest BCUT2D eigenvalue weighted by atomic mass is 10.1. The third-order valence-corrected chi connectivity index (χ3v) is 3.50. The zero-order valence-electron chi connectivity index (χ0n) is 12.4. The Balaban J connectivity index is 2.91. The minimum atomic E-state index is 0.190. The molecule has 110 valence electrons. The molecule has 0 saturated carbocycles.